The van der Waals surface area contributed by atoms with Gasteiger partial charge in [0.15, 0.2) is 0 Å². The van der Waals surface area contributed by atoms with E-state index >= 15 is 0 Å². The second kappa shape index (κ2) is 11.9. The zero-order chi connectivity index (χ0) is 19.5. The Bertz CT molecular complexity index is 629. The summed E-state index contributed by atoms with van der Waals surface area (Å²) in [5.74, 6) is 0. The normalized spacial score (nSPS) is 11.9. The second-order valence-electron chi connectivity index (χ2n) is 7.88. The quantitative estimate of drug-likeness (QED) is 0.349. The molecule has 27 heavy (non-hydrogen) atoms. The average molecular weight is 474 g/mol. The molecule has 0 aliphatic carbocycles. The summed E-state index contributed by atoms with van der Waals surface area (Å²) in [5, 5.41) is 9.25. The summed E-state index contributed by atoms with van der Waals surface area (Å²) in [5.41, 5.74) is 2.62. The summed E-state index contributed by atoms with van der Waals surface area (Å²) in [6.45, 7) is 10.1. The second-order valence-corrected chi connectivity index (χ2v) is 13.0. The van der Waals surface area contributed by atoms with Gasteiger partial charge in [-0.3, -0.25) is 0 Å². The van der Waals surface area contributed by atoms with E-state index in [2.05, 4.69) is 67.9 Å². The first kappa shape index (κ1) is 22.4. The SMILES string of the molecule is CCCC[C](CCCC)(CCCC)[Sn][c]1nnn(Cc2ccccc2)c1C. The maximum atomic E-state index is 4.71. The summed E-state index contributed by atoms with van der Waals surface area (Å²) in [6.07, 6.45) is 12.2. The van der Waals surface area contributed by atoms with Crippen molar-refractivity contribution in [1.29, 1.82) is 0 Å². The van der Waals surface area contributed by atoms with Crippen LogP contribution in [0.25, 0.3) is 0 Å². The van der Waals surface area contributed by atoms with Crippen LogP contribution >= 0.6 is 0 Å². The summed E-state index contributed by atoms with van der Waals surface area (Å²) in [7, 11) is 0. The number of aromatic nitrogens is 3. The molecule has 4 heteroatoms. The Labute approximate surface area is 176 Å². The van der Waals surface area contributed by atoms with Gasteiger partial charge in [-0.15, -0.1) is 0 Å². The van der Waals surface area contributed by atoms with Crippen molar-refractivity contribution in [3.05, 3.63) is 41.6 Å². The third-order valence-corrected chi connectivity index (χ3v) is 11.2. The minimum atomic E-state index is -0.804. The number of nitrogens with zero attached hydrogens (tertiary/aromatic N) is 3. The van der Waals surface area contributed by atoms with Crippen molar-refractivity contribution in [2.75, 3.05) is 0 Å². The molecule has 0 atom stereocenters. The van der Waals surface area contributed by atoms with Crippen LogP contribution in [0.15, 0.2) is 30.3 Å². The van der Waals surface area contributed by atoms with Gasteiger partial charge in [-0.2, -0.15) is 0 Å². The van der Waals surface area contributed by atoms with Gasteiger partial charge in [0.2, 0.25) is 0 Å². The molecule has 0 saturated carbocycles. The van der Waals surface area contributed by atoms with Crippen LogP contribution in [0, 0.1) is 6.92 Å². The molecule has 0 unspecified atom stereocenters. The van der Waals surface area contributed by atoms with E-state index in [9.17, 15) is 0 Å². The zero-order valence-corrected chi connectivity index (χ0v) is 20.7. The Hall–Kier alpha value is -0.841. The molecule has 148 valence electrons. The van der Waals surface area contributed by atoms with Crippen molar-refractivity contribution in [2.45, 2.75) is 95.5 Å². The fraction of sp³-hybridized carbons (Fsp3) is 0.652. The van der Waals surface area contributed by atoms with Crippen LogP contribution in [0.4, 0.5) is 0 Å². The molecule has 2 aromatic rings. The average Bonchev–Trinajstić information content (AvgIpc) is 3.03. The van der Waals surface area contributed by atoms with Crippen LogP contribution in [-0.4, -0.2) is 36.1 Å². The fourth-order valence-corrected chi connectivity index (χ4v) is 8.91. The van der Waals surface area contributed by atoms with Crippen molar-refractivity contribution in [3.8, 4) is 0 Å². The molecule has 1 aromatic carbocycles. The van der Waals surface area contributed by atoms with Crippen molar-refractivity contribution in [1.82, 2.24) is 15.0 Å². The molecule has 0 amide bonds. The number of rotatable bonds is 13. The summed E-state index contributed by atoms with van der Waals surface area (Å²) < 4.78 is 4.08. The Morgan fingerprint density at radius 2 is 1.44 bits per heavy atom. The van der Waals surface area contributed by atoms with Crippen LogP contribution in [0.5, 0.6) is 0 Å². The maximum absolute atomic E-state index is 4.71. The zero-order valence-electron chi connectivity index (χ0n) is 17.8. The number of unbranched alkanes of at least 4 members (excludes halogenated alkanes) is 3. The molecule has 2 radical (unpaired) electrons. The molecule has 1 heterocycles. The van der Waals surface area contributed by atoms with E-state index in [1.165, 1.54) is 72.8 Å². The Kier molecular flexibility index (Phi) is 9.88. The van der Waals surface area contributed by atoms with Gasteiger partial charge in [0, 0.05) is 0 Å². The molecule has 0 aliphatic heterocycles. The van der Waals surface area contributed by atoms with Crippen molar-refractivity contribution in [3.63, 3.8) is 0 Å². The van der Waals surface area contributed by atoms with Gasteiger partial charge >= 0.3 is 177 Å². The first-order valence-electron chi connectivity index (χ1n) is 10.9. The minimum absolute atomic E-state index is 0.573. The van der Waals surface area contributed by atoms with E-state index in [0.717, 1.165) is 6.54 Å². The third-order valence-electron chi connectivity index (χ3n) is 5.57. The van der Waals surface area contributed by atoms with Gasteiger partial charge in [0.1, 0.15) is 0 Å². The van der Waals surface area contributed by atoms with Crippen molar-refractivity contribution < 1.29 is 0 Å². The number of hydrogen-bond donors (Lipinski definition) is 0. The van der Waals surface area contributed by atoms with E-state index in [0.29, 0.717) is 3.43 Å². The summed E-state index contributed by atoms with van der Waals surface area (Å²) in [4.78, 5) is 0. The van der Waals surface area contributed by atoms with Gasteiger partial charge in [0.25, 0.3) is 0 Å². The monoisotopic (exact) mass is 475 g/mol. The van der Waals surface area contributed by atoms with E-state index in [1.54, 1.807) is 0 Å². The molecule has 0 bridgehead atoms. The van der Waals surface area contributed by atoms with Gasteiger partial charge in [-0.05, 0) is 0 Å². The van der Waals surface area contributed by atoms with E-state index in [-0.39, 0.29) is 0 Å². The standard InChI is InChI=1S/C13H27.C10H10N3.Sn/c1-4-7-10-13(11-8-5-2)12-9-6-3;1-9-7-11-12-13(9)8-10-5-3-2-4-6-10;/h4-12H2,1-3H3;2-6H,8H2,1H3;. The van der Waals surface area contributed by atoms with Crippen LogP contribution < -0.4 is 3.71 Å². The molecule has 0 fully saturated rings. The Morgan fingerprint density at radius 1 is 0.889 bits per heavy atom. The Balaban J connectivity index is 2.19. The molecular weight excluding hydrogens is 437 g/mol. The molecule has 1 aromatic heterocycles. The molecule has 0 spiro atoms. The van der Waals surface area contributed by atoms with Gasteiger partial charge in [0.05, 0.1) is 0 Å². The van der Waals surface area contributed by atoms with Crippen LogP contribution in [0.3, 0.4) is 0 Å². The third kappa shape index (κ3) is 6.92. The summed E-state index contributed by atoms with van der Waals surface area (Å²) >= 11 is -0.804. The number of hydrogen-bond acceptors (Lipinski definition) is 2. The van der Waals surface area contributed by atoms with Crippen molar-refractivity contribution in [2.24, 2.45) is 0 Å². The van der Waals surface area contributed by atoms with E-state index < -0.39 is 21.1 Å². The van der Waals surface area contributed by atoms with Crippen LogP contribution in [0.1, 0.15) is 89.8 Å². The first-order valence-corrected chi connectivity index (χ1v) is 13.7. The van der Waals surface area contributed by atoms with Gasteiger partial charge < -0.3 is 0 Å². The van der Waals surface area contributed by atoms with Crippen LogP contribution in [0.2, 0.25) is 3.43 Å². The van der Waals surface area contributed by atoms with Gasteiger partial charge in [-0.1, -0.05) is 0 Å². The van der Waals surface area contributed by atoms with Crippen molar-refractivity contribution >= 4 is 24.9 Å². The fourth-order valence-electron chi connectivity index (χ4n) is 3.74. The van der Waals surface area contributed by atoms with E-state index in [1.807, 2.05) is 0 Å². The molecular formula is C23H37N3Sn. The Morgan fingerprint density at radius 3 is 1.96 bits per heavy atom. The molecule has 0 aliphatic rings. The topological polar surface area (TPSA) is 30.7 Å². The molecule has 0 N–H and O–H groups in total. The molecule has 3 nitrogen and oxygen atoms in total. The van der Waals surface area contributed by atoms with Gasteiger partial charge in [-0.25, -0.2) is 0 Å². The predicted molar refractivity (Wildman–Crippen MR) is 117 cm³/mol. The first-order chi connectivity index (χ1) is 13.1. The predicted octanol–water partition coefficient (Wildman–Crippen LogP) is 5.69. The molecule has 0 saturated heterocycles. The van der Waals surface area contributed by atoms with E-state index in [4.69, 9.17) is 5.10 Å². The van der Waals surface area contributed by atoms with Crippen LogP contribution in [-0.2, 0) is 6.54 Å². The molecule has 2 rings (SSSR count). The number of benzene rings is 1. The summed E-state index contributed by atoms with van der Waals surface area (Å²) in [6, 6.07) is 10.6.